The van der Waals surface area contributed by atoms with E-state index >= 15 is 0 Å². The first kappa shape index (κ1) is 13.8. The lowest BCUT2D eigenvalue weighted by Crippen LogP contribution is -2.04. The zero-order valence-electron chi connectivity index (χ0n) is 10.8. The summed E-state index contributed by atoms with van der Waals surface area (Å²) in [6.07, 6.45) is 0. The summed E-state index contributed by atoms with van der Waals surface area (Å²) < 4.78 is 19.4. The second-order valence-electron chi connectivity index (χ2n) is 4.28. The quantitative estimate of drug-likeness (QED) is 0.901. The first-order valence-electron chi connectivity index (χ1n) is 5.98. The Kier molecular flexibility index (Phi) is 4.40. The molecule has 0 heterocycles. The van der Waals surface area contributed by atoms with Gasteiger partial charge in [0, 0.05) is 6.54 Å². The van der Waals surface area contributed by atoms with Crippen molar-refractivity contribution in [2.45, 2.75) is 13.5 Å². The van der Waals surface area contributed by atoms with Gasteiger partial charge in [-0.3, -0.25) is 0 Å². The zero-order valence-corrected chi connectivity index (χ0v) is 11.6. The summed E-state index contributed by atoms with van der Waals surface area (Å²) in [5.41, 5.74) is 1.59. The SMILES string of the molecule is CNCc1ccc(Oc2cccc(C)c2F)c(Cl)c1. The van der Waals surface area contributed by atoms with Crippen molar-refractivity contribution >= 4 is 11.6 Å². The lowest BCUT2D eigenvalue weighted by atomic mass is 10.2. The smallest absolute Gasteiger partial charge is 0.168 e. The van der Waals surface area contributed by atoms with E-state index in [1.54, 1.807) is 37.3 Å². The van der Waals surface area contributed by atoms with Crippen LogP contribution in [-0.2, 0) is 6.54 Å². The van der Waals surface area contributed by atoms with Crippen molar-refractivity contribution in [3.63, 3.8) is 0 Å². The molecular weight excluding hydrogens is 265 g/mol. The minimum Gasteiger partial charge on any atom is -0.453 e. The number of hydrogen-bond donors (Lipinski definition) is 1. The van der Waals surface area contributed by atoms with Crippen LogP contribution in [0.1, 0.15) is 11.1 Å². The van der Waals surface area contributed by atoms with Gasteiger partial charge in [0.25, 0.3) is 0 Å². The summed E-state index contributed by atoms with van der Waals surface area (Å²) in [6, 6.07) is 10.5. The monoisotopic (exact) mass is 279 g/mol. The molecule has 2 aromatic carbocycles. The average molecular weight is 280 g/mol. The maximum absolute atomic E-state index is 13.8. The molecule has 0 amide bonds. The molecule has 0 aromatic heterocycles. The van der Waals surface area contributed by atoms with Gasteiger partial charge >= 0.3 is 0 Å². The highest BCUT2D eigenvalue weighted by Crippen LogP contribution is 2.32. The number of nitrogens with one attached hydrogen (secondary N) is 1. The Morgan fingerprint density at radius 1 is 1.21 bits per heavy atom. The predicted octanol–water partition coefficient (Wildman–Crippen LogP) is 4.30. The normalized spacial score (nSPS) is 10.5. The van der Waals surface area contributed by atoms with Gasteiger partial charge < -0.3 is 10.1 Å². The molecule has 0 unspecified atom stereocenters. The molecule has 1 N–H and O–H groups in total. The maximum atomic E-state index is 13.8. The van der Waals surface area contributed by atoms with E-state index < -0.39 is 0 Å². The second-order valence-corrected chi connectivity index (χ2v) is 4.69. The van der Waals surface area contributed by atoms with Crippen LogP contribution < -0.4 is 10.1 Å². The number of rotatable bonds is 4. The predicted molar refractivity (Wildman–Crippen MR) is 75.4 cm³/mol. The molecule has 100 valence electrons. The lowest BCUT2D eigenvalue weighted by molar-refractivity contribution is 0.440. The van der Waals surface area contributed by atoms with Gasteiger partial charge in [-0.15, -0.1) is 0 Å². The number of benzene rings is 2. The van der Waals surface area contributed by atoms with Gasteiger partial charge in [-0.25, -0.2) is 4.39 Å². The molecule has 0 saturated heterocycles. The van der Waals surface area contributed by atoms with Crippen LogP contribution in [0, 0.1) is 12.7 Å². The van der Waals surface area contributed by atoms with E-state index in [4.69, 9.17) is 16.3 Å². The van der Waals surface area contributed by atoms with E-state index in [0.29, 0.717) is 16.3 Å². The Labute approximate surface area is 117 Å². The van der Waals surface area contributed by atoms with Crippen LogP contribution in [0.4, 0.5) is 4.39 Å². The molecule has 0 atom stereocenters. The van der Waals surface area contributed by atoms with E-state index in [1.807, 2.05) is 13.1 Å². The first-order chi connectivity index (χ1) is 9.11. The summed E-state index contributed by atoms with van der Waals surface area (Å²) in [5.74, 6) is 0.271. The molecule has 2 nitrogen and oxygen atoms in total. The molecule has 0 saturated carbocycles. The van der Waals surface area contributed by atoms with Crippen LogP contribution in [0.2, 0.25) is 5.02 Å². The van der Waals surface area contributed by atoms with E-state index in [1.165, 1.54) is 0 Å². The summed E-state index contributed by atoms with van der Waals surface area (Å²) >= 11 is 6.13. The Morgan fingerprint density at radius 2 is 2.00 bits per heavy atom. The third-order valence-electron chi connectivity index (χ3n) is 2.75. The Morgan fingerprint density at radius 3 is 2.68 bits per heavy atom. The van der Waals surface area contributed by atoms with E-state index in [0.717, 1.165) is 12.1 Å². The van der Waals surface area contributed by atoms with E-state index in [2.05, 4.69) is 5.32 Å². The highest BCUT2D eigenvalue weighted by Gasteiger charge is 2.09. The Hall–Kier alpha value is -1.58. The minimum absolute atomic E-state index is 0.184. The van der Waals surface area contributed by atoms with Gasteiger partial charge in [-0.1, -0.05) is 29.8 Å². The van der Waals surface area contributed by atoms with Crippen molar-refractivity contribution in [3.8, 4) is 11.5 Å². The third-order valence-corrected chi connectivity index (χ3v) is 3.05. The van der Waals surface area contributed by atoms with Crippen LogP contribution in [0.5, 0.6) is 11.5 Å². The highest BCUT2D eigenvalue weighted by molar-refractivity contribution is 6.32. The van der Waals surface area contributed by atoms with Gasteiger partial charge in [-0.05, 0) is 43.3 Å². The first-order valence-corrected chi connectivity index (χ1v) is 6.35. The van der Waals surface area contributed by atoms with Crippen molar-refractivity contribution < 1.29 is 9.13 Å². The lowest BCUT2D eigenvalue weighted by Gasteiger charge is -2.10. The average Bonchev–Trinajstić information content (AvgIpc) is 2.38. The molecule has 2 rings (SSSR count). The molecule has 2 aromatic rings. The molecule has 4 heteroatoms. The van der Waals surface area contributed by atoms with Gasteiger partial charge in [0.05, 0.1) is 5.02 Å². The number of halogens is 2. The van der Waals surface area contributed by atoms with Gasteiger partial charge in [0.15, 0.2) is 11.6 Å². The molecule has 0 fully saturated rings. The molecular formula is C15H15ClFNO. The third kappa shape index (κ3) is 3.25. The highest BCUT2D eigenvalue weighted by atomic mass is 35.5. The summed E-state index contributed by atoms with van der Waals surface area (Å²) in [4.78, 5) is 0. The molecule has 0 aliphatic carbocycles. The summed E-state index contributed by atoms with van der Waals surface area (Å²) in [6.45, 7) is 2.42. The van der Waals surface area contributed by atoms with Gasteiger partial charge in [0.2, 0.25) is 0 Å². The molecule has 0 radical (unpaired) electrons. The Bertz CT molecular complexity index is 586. The number of aryl methyl sites for hydroxylation is 1. The number of hydrogen-bond acceptors (Lipinski definition) is 2. The molecule has 0 aliphatic heterocycles. The molecule has 19 heavy (non-hydrogen) atoms. The molecule has 0 aliphatic rings. The van der Waals surface area contributed by atoms with Crippen LogP contribution in [-0.4, -0.2) is 7.05 Å². The maximum Gasteiger partial charge on any atom is 0.168 e. The summed E-state index contributed by atoms with van der Waals surface area (Å²) in [7, 11) is 1.86. The zero-order chi connectivity index (χ0) is 13.8. The van der Waals surface area contributed by atoms with Crippen molar-refractivity contribution in [2.75, 3.05) is 7.05 Å². The van der Waals surface area contributed by atoms with Crippen LogP contribution in [0.15, 0.2) is 36.4 Å². The van der Waals surface area contributed by atoms with Gasteiger partial charge in [0.1, 0.15) is 5.75 Å². The molecule has 0 bridgehead atoms. The second kappa shape index (κ2) is 6.04. The van der Waals surface area contributed by atoms with Crippen LogP contribution in [0.3, 0.4) is 0 Å². The van der Waals surface area contributed by atoms with Crippen LogP contribution >= 0.6 is 11.6 Å². The fourth-order valence-corrected chi connectivity index (χ4v) is 2.00. The van der Waals surface area contributed by atoms with E-state index in [-0.39, 0.29) is 11.6 Å². The Balaban J connectivity index is 2.26. The van der Waals surface area contributed by atoms with Crippen molar-refractivity contribution in [1.82, 2.24) is 5.32 Å². The van der Waals surface area contributed by atoms with Gasteiger partial charge in [-0.2, -0.15) is 0 Å². The minimum atomic E-state index is -0.363. The standard InChI is InChI=1S/C15H15ClFNO/c1-10-4-3-5-14(15(10)17)19-13-7-6-11(9-18-2)8-12(13)16/h3-8,18H,9H2,1-2H3. The number of ether oxygens (including phenoxy) is 1. The fraction of sp³-hybridized carbons (Fsp3) is 0.200. The largest absolute Gasteiger partial charge is 0.453 e. The summed E-state index contributed by atoms with van der Waals surface area (Å²) in [5, 5.41) is 3.50. The topological polar surface area (TPSA) is 21.3 Å². The van der Waals surface area contributed by atoms with Crippen LogP contribution in [0.25, 0.3) is 0 Å². The fourth-order valence-electron chi connectivity index (χ4n) is 1.76. The van der Waals surface area contributed by atoms with Crippen molar-refractivity contribution in [3.05, 3.63) is 58.4 Å². The van der Waals surface area contributed by atoms with Crippen molar-refractivity contribution in [2.24, 2.45) is 0 Å². The van der Waals surface area contributed by atoms with E-state index in [9.17, 15) is 4.39 Å². The van der Waals surface area contributed by atoms with Crippen molar-refractivity contribution in [1.29, 1.82) is 0 Å². The molecule has 0 spiro atoms.